The molecule has 31 heavy (non-hydrogen) atoms. The molecule has 0 unspecified atom stereocenters. The molecule has 154 valence electrons. The molecule has 2 aromatic carbocycles. The maximum absolute atomic E-state index is 10.8. The van der Waals surface area contributed by atoms with Gasteiger partial charge >= 0.3 is 5.97 Å². The third kappa shape index (κ3) is 5.29. The van der Waals surface area contributed by atoms with E-state index in [1.807, 2.05) is 61.5 Å². The highest BCUT2D eigenvalue weighted by atomic mass is 32.2. The van der Waals surface area contributed by atoms with Crippen molar-refractivity contribution in [2.75, 3.05) is 6.61 Å². The molecule has 6 heteroatoms. The van der Waals surface area contributed by atoms with E-state index in [1.54, 1.807) is 24.2 Å². The van der Waals surface area contributed by atoms with Crippen molar-refractivity contribution in [2.24, 2.45) is 0 Å². The summed E-state index contributed by atoms with van der Waals surface area (Å²) in [7, 11) is 0. The average Bonchev–Trinajstić information content (AvgIpc) is 2.79. The Labute approximate surface area is 184 Å². The number of hydrogen-bond donors (Lipinski definition) is 1. The molecule has 0 fully saturated rings. The van der Waals surface area contributed by atoms with Gasteiger partial charge in [0.25, 0.3) is 0 Å². The van der Waals surface area contributed by atoms with Crippen LogP contribution >= 0.6 is 11.8 Å². The van der Waals surface area contributed by atoms with Gasteiger partial charge in [0.05, 0.1) is 11.4 Å². The SMILES string of the molecule is Cc1cc(Sc2cc(-c3ccccn3)cc(-c3ccccn3)c2)ccc1OCC(=O)O. The van der Waals surface area contributed by atoms with Crippen molar-refractivity contribution in [2.45, 2.75) is 16.7 Å². The molecule has 4 rings (SSSR count). The summed E-state index contributed by atoms with van der Waals surface area (Å²) < 4.78 is 5.33. The Hall–Kier alpha value is -3.64. The first kappa shape index (κ1) is 20.6. The molecule has 0 spiro atoms. The predicted octanol–water partition coefficient (Wildman–Crippen LogP) is 5.73. The van der Waals surface area contributed by atoms with E-state index >= 15 is 0 Å². The average molecular weight is 429 g/mol. The number of carboxylic acid groups (broad SMARTS) is 1. The number of carbonyl (C=O) groups is 1. The molecular weight excluding hydrogens is 408 g/mol. The minimum absolute atomic E-state index is 0.354. The van der Waals surface area contributed by atoms with Gasteiger partial charge in [-0.05, 0) is 73.2 Å². The summed E-state index contributed by atoms with van der Waals surface area (Å²) >= 11 is 1.63. The molecular formula is C25H20N2O3S. The second-order valence-corrected chi connectivity index (χ2v) is 8.03. The fraction of sp³-hybridized carbons (Fsp3) is 0.0800. The van der Waals surface area contributed by atoms with Gasteiger partial charge in [-0.1, -0.05) is 23.9 Å². The van der Waals surface area contributed by atoms with Crippen molar-refractivity contribution in [3.05, 3.63) is 90.8 Å². The molecule has 0 aliphatic heterocycles. The summed E-state index contributed by atoms with van der Waals surface area (Å²) in [5.41, 5.74) is 4.72. The summed E-state index contributed by atoms with van der Waals surface area (Å²) in [5.74, 6) is -0.422. The van der Waals surface area contributed by atoms with Crippen molar-refractivity contribution in [1.82, 2.24) is 9.97 Å². The largest absolute Gasteiger partial charge is 0.482 e. The molecule has 0 amide bonds. The van der Waals surface area contributed by atoms with Crippen LogP contribution in [0.3, 0.4) is 0 Å². The zero-order valence-electron chi connectivity index (χ0n) is 16.9. The van der Waals surface area contributed by atoms with Crippen LogP contribution in [0, 0.1) is 6.92 Å². The highest BCUT2D eigenvalue weighted by Crippen LogP contribution is 2.36. The lowest BCUT2D eigenvalue weighted by Gasteiger charge is -2.11. The number of benzene rings is 2. The molecule has 0 bridgehead atoms. The van der Waals surface area contributed by atoms with Crippen LogP contribution in [0.1, 0.15) is 5.56 Å². The first-order valence-corrected chi connectivity index (χ1v) is 10.5. The van der Waals surface area contributed by atoms with Crippen molar-refractivity contribution in [3.8, 4) is 28.3 Å². The van der Waals surface area contributed by atoms with E-state index in [2.05, 4.69) is 28.2 Å². The first-order chi connectivity index (χ1) is 15.1. The molecule has 0 aliphatic carbocycles. The van der Waals surface area contributed by atoms with Crippen LogP contribution in [0.2, 0.25) is 0 Å². The summed E-state index contributed by atoms with van der Waals surface area (Å²) in [6.45, 7) is 1.55. The molecule has 0 radical (unpaired) electrons. The second kappa shape index (κ2) is 9.45. The van der Waals surface area contributed by atoms with Gasteiger partial charge in [-0.2, -0.15) is 0 Å². The Kier molecular flexibility index (Phi) is 6.29. The van der Waals surface area contributed by atoms with Crippen LogP contribution in [0.4, 0.5) is 0 Å². The van der Waals surface area contributed by atoms with Crippen LogP contribution in [0.15, 0.2) is 95.0 Å². The van der Waals surface area contributed by atoms with Crippen LogP contribution < -0.4 is 4.74 Å². The topological polar surface area (TPSA) is 72.3 Å². The lowest BCUT2D eigenvalue weighted by molar-refractivity contribution is -0.139. The number of aryl methyl sites for hydroxylation is 1. The number of pyridine rings is 2. The van der Waals surface area contributed by atoms with Crippen molar-refractivity contribution in [3.63, 3.8) is 0 Å². The lowest BCUT2D eigenvalue weighted by Crippen LogP contribution is -2.09. The van der Waals surface area contributed by atoms with Crippen LogP contribution in [0.25, 0.3) is 22.5 Å². The van der Waals surface area contributed by atoms with Crippen molar-refractivity contribution >= 4 is 17.7 Å². The van der Waals surface area contributed by atoms with E-state index in [1.165, 1.54) is 0 Å². The van der Waals surface area contributed by atoms with Crippen LogP contribution in [-0.2, 0) is 4.79 Å². The smallest absolute Gasteiger partial charge is 0.341 e. The van der Waals surface area contributed by atoms with Gasteiger partial charge < -0.3 is 9.84 Å². The zero-order chi connectivity index (χ0) is 21.6. The highest BCUT2D eigenvalue weighted by molar-refractivity contribution is 7.99. The highest BCUT2D eigenvalue weighted by Gasteiger charge is 2.10. The molecule has 1 N–H and O–H groups in total. The standard InChI is InChI=1S/C25H20N2O3S/c1-17-12-20(8-9-24(17)30-16-25(28)29)31-21-14-18(22-6-2-4-10-26-22)13-19(15-21)23-7-3-5-11-27-23/h2-15H,16H2,1H3,(H,28,29). The maximum atomic E-state index is 10.8. The number of hydrogen-bond acceptors (Lipinski definition) is 5. The van der Waals surface area contributed by atoms with Crippen molar-refractivity contribution < 1.29 is 14.6 Å². The van der Waals surface area contributed by atoms with E-state index < -0.39 is 5.97 Å². The molecule has 2 heterocycles. The van der Waals surface area contributed by atoms with Gasteiger partial charge in [0, 0.05) is 33.3 Å². The van der Waals surface area contributed by atoms with Gasteiger partial charge in [-0.3, -0.25) is 9.97 Å². The number of aliphatic carboxylic acids is 1. The zero-order valence-corrected chi connectivity index (χ0v) is 17.7. The number of ether oxygens (including phenoxy) is 1. The second-order valence-electron chi connectivity index (χ2n) is 6.89. The Morgan fingerprint density at radius 1 is 0.871 bits per heavy atom. The van der Waals surface area contributed by atoms with E-state index in [0.29, 0.717) is 5.75 Å². The lowest BCUT2D eigenvalue weighted by atomic mass is 10.0. The van der Waals surface area contributed by atoms with Gasteiger partial charge in [-0.15, -0.1) is 0 Å². The number of aromatic nitrogens is 2. The van der Waals surface area contributed by atoms with Crippen LogP contribution in [-0.4, -0.2) is 27.7 Å². The molecule has 0 saturated carbocycles. The third-order valence-electron chi connectivity index (χ3n) is 4.56. The van der Waals surface area contributed by atoms with E-state index in [9.17, 15) is 4.79 Å². The molecule has 0 atom stereocenters. The van der Waals surface area contributed by atoms with Crippen molar-refractivity contribution in [1.29, 1.82) is 0 Å². The van der Waals surface area contributed by atoms with E-state index in [-0.39, 0.29) is 6.61 Å². The van der Waals surface area contributed by atoms with Gasteiger partial charge in [0.2, 0.25) is 0 Å². The summed E-state index contributed by atoms with van der Waals surface area (Å²) in [6, 6.07) is 23.8. The number of rotatable bonds is 7. The normalized spacial score (nSPS) is 10.6. The Bertz CT molecular complexity index is 1140. The quantitative estimate of drug-likeness (QED) is 0.405. The Morgan fingerprint density at radius 2 is 1.52 bits per heavy atom. The molecule has 5 nitrogen and oxygen atoms in total. The summed E-state index contributed by atoms with van der Waals surface area (Å²) in [4.78, 5) is 21.8. The molecule has 2 aromatic heterocycles. The minimum atomic E-state index is -0.994. The Balaban J connectivity index is 1.68. The maximum Gasteiger partial charge on any atom is 0.341 e. The third-order valence-corrected chi connectivity index (χ3v) is 5.52. The minimum Gasteiger partial charge on any atom is -0.482 e. The van der Waals surface area contributed by atoms with Crippen LogP contribution in [0.5, 0.6) is 5.75 Å². The molecule has 0 saturated heterocycles. The van der Waals surface area contributed by atoms with E-state index in [4.69, 9.17) is 9.84 Å². The van der Waals surface area contributed by atoms with Gasteiger partial charge in [0.15, 0.2) is 6.61 Å². The molecule has 0 aliphatic rings. The summed E-state index contributed by atoms with van der Waals surface area (Å²) in [6.07, 6.45) is 3.57. The van der Waals surface area contributed by atoms with Gasteiger partial charge in [-0.25, -0.2) is 4.79 Å². The number of carboxylic acids is 1. The predicted molar refractivity (Wildman–Crippen MR) is 121 cm³/mol. The fourth-order valence-corrected chi connectivity index (χ4v) is 4.16. The number of nitrogens with zero attached hydrogens (tertiary/aromatic N) is 2. The summed E-state index contributed by atoms with van der Waals surface area (Å²) in [5, 5.41) is 8.82. The Morgan fingerprint density at radius 3 is 2.03 bits per heavy atom. The monoisotopic (exact) mass is 428 g/mol. The fourth-order valence-electron chi connectivity index (χ4n) is 3.14. The molecule has 4 aromatic rings. The van der Waals surface area contributed by atoms with Gasteiger partial charge in [0.1, 0.15) is 5.75 Å². The first-order valence-electron chi connectivity index (χ1n) is 9.69. The van der Waals surface area contributed by atoms with E-state index in [0.717, 1.165) is 37.9 Å².